The first-order valence-electron chi connectivity index (χ1n) is 5.79. The lowest BCUT2D eigenvalue weighted by atomic mass is 9.85. The average Bonchev–Trinajstić information content (AvgIpc) is 2.44. The number of fused-ring (bicyclic) bond motifs is 1. The van der Waals surface area contributed by atoms with E-state index in [0.717, 1.165) is 0 Å². The topological polar surface area (TPSA) is 46.2 Å². The summed E-state index contributed by atoms with van der Waals surface area (Å²) in [5.74, 6) is 0.282. The van der Waals surface area contributed by atoms with E-state index in [1.165, 1.54) is 11.8 Å². The Morgan fingerprint density at radius 1 is 1.21 bits per heavy atom. The largest absolute Gasteiger partial charge is 0.374 e. The van der Waals surface area contributed by atoms with Crippen molar-refractivity contribution in [2.75, 3.05) is 12.8 Å². The fraction of sp³-hybridized carbons (Fsp3) is 0.214. The second kappa shape index (κ2) is 5.67. The first-order chi connectivity index (χ1) is 9.06. The number of carbonyl (C=O) groups excluding carboxylic acids is 2. The molecule has 5 heteroatoms. The molecule has 1 N–H and O–H groups in total. The van der Waals surface area contributed by atoms with Gasteiger partial charge >= 0.3 is 0 Å². The van der Waals surface area contributed by atoms with Gasteiger partial charge in [0.2, 0.25) is 0 Å². The Hall–Kier alpha value is -1.46. The second-order valence-corrected chi connectivity index (χ2v) is 5.79. The second-order valence-electron chi connectivity index (χ2n) is 4.13. The molecule has 0 atom stereocenters. The summed E-state index contributed by atoms with van der Waals surface area (Å²) in [6, 6.07) is 6.94. The SMILES string of the molecule is CNC(=S)SCC1=C(C)C(=O)c2ccccc2C1=O. The number of thiocarbonyl (C=S) groups is 1. The Morgan fingerprint density at radius 3 is 2.37 bits per heavy atom. The van der Waals surface area contributed by atoms with Crippen molar-refractivity contribution in [1.29, 1.82) is 0 Å². The van der Waals surface area contributed by atoms with Gasteiger partial charge in [-0.15, -0.1) is 0 Å². The molecule has 0 unspecified atom stereocenters. The number of ketones is 2. The number of benzene rings is 1. The van der Waals surface area contributed by atoms with E-state index in [-0.39, 0.29) is 11.6 Å². The van der Waals surface area contributed by atoms with Crippen LogP contribution in [0.1, 0.15) is 27.6 Å². The maximum Gasteiger partial charge on any atom is 0.191 e. The Balaban J connectivity index is 2.35. The summed E-state index contributed by atoms with van der Waals surface area (Å²) in [6.45, 7) is 1.70. The molecule has 19 heavy (non-hydrogen) atoms. The third-order valence-corrected chi connectivity index (χ3v) is 4.49. The molecular formula is C14H13NO2S2. The predicted molar refractivity (Wildman–Crippen MR) is 81.9 cm³/mol. The molecule has 0 heterocycles. The highest BCUT2D eigenvalue weighted by Crippen LogP contribution is 2.28. The summed E-state index contributed by atoms with van der Waals surface area (Å²) >= 11 is 6.40. The molecule has 3 nitrogen and oxygen atoms in total. The molecule has 2 rings (SSSR count). The minimum Gasteiger partial charge on any atom is -0.374 e. The number of hydrogen-bond acceptors (Lipinski definition) is 4. The molecule has 0 saturated carbocycles. The maximum atomic E-state index is 12.4. The van der Waals surface area contributed by atoms with Crippen molar-refractivity contribution >= 4 is 39.9 Å². The molecule has 0 radical (unpaired) electrons. The Kier molecular flexibility index (Phi) is 4.17. The molecule has 0 spiro atoms. The minimum atomic E-state index is -0.0703. The number of nitrogens with one attached hydrogen (secondary N) is 1. The fourth-order valence-corrected chi connectivity index (χ4v) is 2.88. The molecule has 0 fully saturated rings. The lowest BCUT2D eigenvalue weighted by Gasteiger charge is -2.18. The third kappa shape index (κ3) is 2.62. The van der Waals surface area contributed by atoms with Gasteiger partial charge in [-0.2, -0.15) is 0 Å². The monoisotopic (exact) mass is 291 g/mol. The molecular weight excluding hydrogens is 278 g/mol. The van der Waals surface area contributed by atoms with Crippen LogP contribution >= 0.6 is 24.0 Å². The van der Waals surface area contributed by atoms with Crippen molar-refractivity contribution in [1.82, 2.24) is 5.32 Å². The van der Waals surface area contributed by atoms with Gasteiger partial charge in [-0.1, -0.05) is 48.2 Å². The molecule has 1 aromatic rings. The first kappa shape index (κ1) is 14.0. The van der Waals surface area contributed by atoms with Crippen LogP contribution in [0, 0.1) is 0 Å². The van der Waals surface area contributed by atoms with Crippen LogP contribution in [0.2, 0.25) is 0 Å². The predicted octanol–water partition coefficient (Wildman–Crippen LogP) is 2.62. The lowest BCUT2D eigenvalue weighted by Crippen LogP contribution is -2.23. The van der Waals surface area contributed by atoms with Crippen LogP contribution in [0.25, 0.3) is 0 Å². The van der Waals surface area contributed by atoms with Crippen molar-refractivity contribution in [3.63, 3.8) is 0 Å². The van der Waals surface area contributed by atoms with Crippen LogP contribution in [0.4, 0.5) is 0 Å². The molecule has 1 aliphatic carbocycles. The standard InChI is InChI=1S/C14H13NO2S2/c1-8-11(7-19-14(18)15-2)13(17)10-6-4-3-5-9(10)12(8)16/h3-6H,7H2,1-2H3,(H,15,18). The fourth-order valence-electron chi connectivity index (χ4n) is 1.93. The van der Waals surface area contributed by atoms with E-state index in [4.69, 9.17) is 12.2 Å². The van der Waals surface area contributed by atoms with Gasteiger partial charge < -0.3 is 5.32 Å². The van der Waals surface area contributed by atoms with Crippen LogP contribution in [0.15, 0.2) is 35.4 Å². The van der Waals surface area contributed by atoms with Gasteiger partial charge in [-0.25, -0.2) is 0 Å². The van der Waals surface area contributed by atoms with E-state index in [9.17, 15) is 9.59 Å². The summed E-state index contributed by atoms with van der Waals surface area (Å²) in [5, 5.41) is 2.84. The highest BCUT2D eigenvalue weighted by molar-refractivity contribution is 8.23. The van der Waals surface area contributed by atoms with Gasteiger partial charge in [0.1, 0.15) is 4.32 Å². The maximum absolute atomic E-state index is 12.4. The molecule has 0 amide bonds. The zero-order valence-electron chi connectivity index (χ0n) is 10.6. The van der Waals surface area contributed by atoms with Gasteiger partial charge in [0.05, 0.1) is 0 Å². The van der Waals surface area contributed by atoms with Crippen molar-refractivity contribution in [3.8, 4) is 0 Å². The van der Waals surface area contributed by atoms with Gasteiger partial charge in [-0.3, -0.25) is 9.59 Å². The number of hydrogen-bond donors (Lipinski definition) is 1. The number of carbonyl (C=O) groups is 2. The molecule has 0 aromatic heterocycles. The van der Waals surface area contributed by atoms with E-state index in [0.29, 0.717) is 32.3 Å². The van der Waals surface area contributed by atoms with Crippen LogP contribution in [0.5, 0.6) is 0 Å². The molecule has 1 aromatic carbocycles. The van der Waals surface area contributed by atoms with E-state index < -0.39 is 0 Å². The Labute approximate surface area is 121 Å². The van der Waals surface area contributed by atoms with E-state index in [1.807, 2.05) is 0 Å². The van der Waals surface area contributed by atoms with Crippen LogP contribution < -0.4 is 5.32 Å². The molecule has 98 valence electrons. The highest BCUT2D eigenvalue weighted by atomic mass is 32.2. The van der Waals surface area contributed by atoms with E-state index >= 15 is 0 Å². The number of Topliss-reactive ketones (excluding diaryl/α,β-unsaturated/α-hetero) is 2. The summed E-state index contributed by atoms with van der Waals surface area (Å²) < 4.78 is 0.611. The van der Waals surface area contributed by atoms with Gasteiger partial charge in [0.25, 0.3) is 0 Å². The summed E-state index contributed by atoms with van der Waals surface area (Å²) in [7, 11) is 1.74. The van der Waals surface area contributed by atoms with Gasteiger partial charge in [-0.05, 0) is 6.92 Å². The van der Waals surface area contributed by atoms with Gasteiger partial charge in [0, 0.05) is 35.1 Å². The van der Waals surface area contributed by atoms with Crippen molar-refractivity contribution in [3.05, 3.63) is 46.5 Å². The zero-order valence-corrected chi connectivity index (χ0v) is 12.3. The summed E-state index contributed by atoms with van der Waals surface area (Å²) in [5.41, 5.74) is 2.06. The van der Waals surface area contributed by atoms with Crippen LogP contribution in [-0.4, -0.2) is 28.7 Å². The van der Waals surface area contributed by atoms with Crippen molar-refractivity contribution < 1.29 is 9.59 Å². The Bertz CT molecular complexity index is 605. The quantitative estimate of drug-likeness (QED) is 0.849. The molecule has 0 bridgehead atoms. The third-order valence-electron chi connectivity index (χ3n) is 3.04. The van der Waals surface area contributed by atoms with Crippen molar-refractivity contribution in [2.24, 2.45) is 0 Å². The van der Waals surface area contributed by atoms with E-state index in [1.54, 1.807) is 38.2 Å². The van der Waals surface area contributed by atoms with Gasteiger partial charge in [0.15, 0.2) is 11.6 Å². The Morgan fingerprint density at radius 2 is 1.79 bits per heavy atom. The number of allylic oxidation sites excluding steroid dienone is 1. The summed E-state index contributed by atoms with van der Waals surface area (Å²) in [6.07, 6.45) is 0. The molecule has 0 aliphatic heterocycles. The van der Waals surface area contributed by atoms with Crippen molar-refractivity contribution in [2.45, 2.75) is 6.92 Å². The normalized spacial score (nSPS) is 14.4. The first-order valence-corrected chi connectivity index (χ1v) is 7.18. The number of rotatable bonds is 2. The summed E-state index contributed by atoms with van der Waals surface area (Å²) in [4.78, 5) is 24.6. The lowest BCUT2D eigenvalue weighted by molar-refractivity contribution is 0.0975. The smallest absolute Gasteiger partial charge is 0.191 e. The van der Waals surface area contributed by atoms with E-state index in [2.05, 4.69) is 5.32 Å². The minimum absolute atomic E-state index is 0.0684. The average molecular weight is 291 g/mol. The highest BCUT2D eigenvalue weighted by Gasteiger charge is 2.29. The number of thioether (sulfide) groups is 1. The zero-order chi connectivity index (χ0) is 14.0. The van der Waals surface area contributed by atoms with Crippen LogP contribution in [-0.2, 0) is 0 Å². The molecule has 1 aliphatic rings. The molecule has 0 saturated heterocycles. The van der Waals surface area contributed by atoms with Crippen LogP contribution in [0.3, 0.4) is 0 Å².